The molecule has 8 heteroatoms. The Morgan fingerprint density at radius 2 is 2.20 bits per heavy atom. The second-order valence-electron chi connectivity index (χ2n) is 5.56. The van der Waals surface area contributed by atoms with Crippen molar-refractivity contribution in [3.63, 3.8) is 0 Å². The first-order valence-corrected chi connectivity index (χ1v) is 7.47. The molecular formula is C17H15BFN5O. The van der Waals surface area contributed by atoms with Gasteiger partial charge in [0.25, 0.3) is 5.91 Å². The number of amides is 1. The molecule has 25 heavy (non-hydrogen) atoms. The molecule has 0 fully saturated rings. The number of aryl methyl sites for hydroxylation is 1. The molecule has 2 aromatic heterocycles. The molecule has 3 N–H and O–H groups in total. The summed E-state index contributed by atoms with van der Waals surface area (Å²) in [6.07, 6.45) is 4.74. The van der Waals surface area contributed by atoms with Crippen LogP contribution in [-0.2, 0) is 0 Å². The fraction of sp³-hybridized carbons (Fsp3) is 0.118. The van der Waals surface area contributed by atoms with Crippen molar-refractivity contribution in [1.82, 2.24) is 9.38 Å². The fourth-order valence-corrected chi connectivity index (χ4v) is 2.57. The lowest BCUT2D eigenvalue weighted by Gasteiger charge is -2.12. The maximum absolute atomic E-state index is 14.1. The van der Waals surface area contributed by atoms with Crippen LogP contribution in [0.2, 0.25) is 0 Å². The number of nitrogens with one attached hydrogen (secondary N) is 1. The number of nitrogens with zero attached hydrogens (tertiary/aromatic N) is 3. The number of carbonyl (C=O) groups excluding carboxylic acids is 1. The van der Waals surface area contributed by atoms with Gasteiger partial charge in [-0.3, -0.25) is 9.79 Å². The summed E-state index contributed by atoms with van der Waals surface area (Å²) in [5, 5.41) is 2.64. The molecule has 0 spiro atoms. The van der Waals surface area contributed by atoms with Crippen LogP contribution in [-0.4, -0.2) is 36.4 Å². The third-order valence-corrected chi connectivity index (χ3v) is 3.71. The molecule has 0 bridgehead atoms. The molecule has 0 saturated carbocycles. The number of rotatable bonds is 3. The van der Waals surface area contributed by atoms with Gasteiger partial charge in [0.05, 0.1) is 22.6 Å². The molecule has 2 radical (unpaired) electrons. The number of carbonyl (C=O) groups is 1. The van der Waals surface area contributed by atoms with Gasteiger partial charge < -0.3 is 15.5 Å². The molecule has 2 heterocycles. The SMILES string of the molecule is [B]c1ccc(C(=O)Nc2cc(F)c3nc(C)cn3c2)c(N)c1C=NC. The third kappa shape index (κ3) is 3.10. The maximum atomic E-state index is 14.1. The van der Waals surface area contributed by atoms with Gasteiger partial charge in [0.2, 0.25) is 0 Å². The molecule has 0 aliphatic rings. The van der Waals surface area contributed by atoms with Crippen molar-refractivity contribution in [3.8, 4) is 0 Å². The van der Waals surface area contributed by atoms with Crippen LogP contribution in [0.1, 0.15) is 21.6 Å². The Labute approximate surface area is 145 Å². The number of benzene rings is 1. The van der Waals surface area contributed by atoms with E-state index in [1.807, 2.05) is 0 Å². The molecule has 0 aliphatic carbocycles. The molecular weight excluding hydrogens is 320 g/mol. The Bertz CT molecular complexity index is 1010. The highest BCUT2D eigenvalue weighted by molar-refractivity contribution is 6.37. The van der Waals surface area contributed by atoms with Crippen LogP contribution in [0.3, 0.4) is 0 Å². The van der Waals surface area contributed by atoms with Crippen molar-refractivity contribution >= 4 is 42.5 Å². The number of nitrogen functional groups attached to an aromatic ring is 1. The van der Waals surface area contributed by atoms with Gasteiger partial charge >= 0.3 is 0 Å². The lowest BCUT2D eigenvalue weighted by atomic mass is 9.88. The van der Waals surface area contributed by atoms with Crippen LogP contribution in [0, 0.1) is 12.7 Å². The van der Waals surface area contributed by atoms with Crippen LogP contribution < -0.4 is 16.5 Å². The number of fused-ring (bicyclic) bond motifs is 1. The molecule has 1 amide bonds. The quantitative estimate of drug-likeness (QED) is 0.432. The molecule has 3 rings (SSSR count). The summed E-state index contributed by atoms with van der Waals surface area (Å²) in [7, 11) is 7.43. The monoisotopic (exact) mass is 335 g/mol. The van der Waals surface area contributed by atoms with Crippen molar-refractivity contribution in [2.45, 2.75) is 6.92 Å². The molecule has 3 aromatic rings. The van der Waals surface area contributed by atoms with Crippen LogP contribution in [0.5, 0.6) is 0 Å². The summed E-state index contributed by atoms with van der Waals surface area (Å²) in [5.74, 6) is -1.01. The smallest absolute Gasteiger partial charge is 0.257 e. The Kier molecular flexibility index (Phi) is 4.27. The molecule has 0 aliphatic heterocycles. The second kappa shape index (κ2) is 6.39. The average Bonchev–Trinajstić information content (AvgIpc) is 2.92. The predicted molar refractivity (Wildman–Crippen MR) is 97.6 cm³/mol. The zero-order chi connectivity index (χ0) is 18.1. The molecule has 0 unspecified atom stereocenters. The van der Waals surface area contributed by atoms with Gasteiger partial charge in [0.1, 0.15) is 7.85 Å². The molecule has 0 atom stereocenters. The van der Waals surface area contributed by atoms with Crippen LogP contribution in [0.25, 0.3) is 5.65 Å². The number of imidazole rings is 1. The molecule has 1 aromatic carbocycles. The van der Waals surface area contributed by atoms with E-state index >= 15 is 0 Å². The highest BCUT2D eigenvalue weighted by Gasteiger charge is 2.15. The van der Waals surface area contributed by atoms with Gasteiger partial charge in [-0.1, -0.05) is 11.5 Å². The summed E-state index contributed by atoms with van der Waals surface area (Å²) >= 11 is 0. The van der Waals surface area contributed by atoms with E-state index in [2.05, 4.69) is 15.3 Å². The molecule has 124 valence electrons. The molecule has 0 saturated heterocycles. The molecule has 6 nitrogen and oxygen atoms in total. The number of hydrogen-bond acceptors (Lipinski definition) is 4. The van der Waals surface area contributed by atoms with Crippen LogP contribution in [0.4, 0.5) is 15.8 Å². The number of nitrogens with two attached hydrogens (primary N) is 1. The minimum Gasteiger partial charge on any atom is -0.398 e. The number of hydrogen-bond donors (Lipinski definition) is 2. The van der Waals surface area contributed by atoms with Gasteiger partial charge in [-0.05, 0) is 13.0 Å². The number of aliphatic imine (C=N–C) groups is 1. The Morgan fingerprint density at radius 3 is 2.92 bits per heavy atom. The zero-order valence-corrected chi connectivity index (χ0v) is 13.7. The van der Waals surface area contributed by atoms with Gasteiger partial charge in [-0.25, -0.2) is 9.37 Å². The first-order chi connectivity index (χ1) is 11.9. The maximum Gasteiger partial charge on any atom is 0.257 e. The van der Waals surface area contributed by atoms with Crippen molar-refractivity contribution in [2.75, 3.05) is 18.1 Å². The van der Waals surface area contributed by atoms with E-state index in [0.29, 0.717) is 16.7 Å². The summed E-state index contributed by atoms with van der Waals surface area (Å²) < 4.78 is 15.6. The van der Waals surface area contributed by atoms with Gasteiger partial charge in [0, 0.05) is 37.3 Å². The first kappa shape index (κ1) is 16.7. The normalized spacial score (nSPS) is 11.3. The van der Waals surface area contributed by atoms with Gasteiger partial charge in [-0.2, -0.15) is 0 Å². The Morgan fingerprint density at radius 1 is 1.44 bits per heavy atom. The third-order valence-electron chi connectivity index (χ3n) is 3.71. The van der Waals surface area contributed by atoms with E-state index in [0.717, 1.165) is 0 Å². The number of aromatic nitrogens is 2. The topological polar surface area (TPSA) is 84.8 Å². The minimum atomic E-state index is -0.532. The Hall–Kier alpha value is -3.16. The summed E-state index contributed by atoms with van der Waals surface area (Å²) in [6, 6.07) is 4.30. The predicted octanol–water partition coefficient (Wildman–Crippen LogP) is 1.46. The summed E-state index contributed by atoms with van der Waals surface area (Å²) in [4.78, 5) is 20.5. The van der Waals surface area contributed by atoms with E-state index in [1.165, 1.54) is 22.7 Å². The number of anilines is 2. The van der Waals surface area contributed by atoms with Crippen molar-refractivity contribution < 1.29 is 9.18 Å². The second-order valence-corrected chi connectivity index (χ2v) is 5.56. The first-order valence-electron chi connectivity index (χ1n) is 7.47. The van der Waals surface area contributed by atoms with Gasteiger partial charge in [-0.15, -0.1) is 0 Å². The highest BCUT2D eigenvalue weighted by Crippen LogP contribution is 2.19. The zero-order valence-electron chi connectivity index (χ0n) is 13.7. The fourth-order valence-electron chi connectivity index (χ4n) is 2.57. The summed E-state index contributed by atoms with van der Waals surface area (Å²) in [6.45, 7) is 1.76. The van der Waals surface area contributed by atoms with E-state index in [-0.39, 0.29) is 22.6 Å². The van der Waals surface area contributed by atoms with E-state index in [9.17, 15) is 9.18 Å². The lowest BCUT2D eigenvalue weighted by molar-refractivity contribution is 0.102. The van der Waals surface area contributed by atoms with Crippen molar-refractivity contribution in [3.05, 3.63) is 53.2 Å². The minimum absolute atomic E-state index is 0.198. The number of halogens is 1. The lowest BCUT2D eigenvalue weighted by Crippen LogP contribution is -2.20. The van der Waals surface area contributed by atoms with E-state index < -0.39 is 11.7 Å². The van der Waals surface area contributed by atoms with E-state index in [4.69, 9.17) is 13.6 Å². The average molecular weight is 335 g/mol. The highest BCUT2D eigenvalue weighted by atomic mass is 19.1. The van der Waals surface area contributed by atoms with Crippen molar-refractivity contribution in [1.29, 1.82) is 0 Å². The Balaban J connectivity index is 1.96. The van der Waals surface area contributed by atoms with Crippen LogP contribution in [0.15, 0.2) is 35.6 Å². The van der Waals surface area contributed by atoms with E-state index in [1.54, 1.807) is 32.4 Å². The standard InChI is InChI=1S/C17H15BFN5O/c1-9-7-24-8-10(5-14(19)16(24)22-9)23-17(25)11-3-4-13(18)12(6-21-2)15(11)20/h3-8H,20H2,1-2H3,(H,23,25). The van der Waals surface area contributed by atoms with Crippen LogP contribution >= 0.6 is 0 Å². The van der Waals surface area contributed by atoms with Crippen molar-refractivity contribution in [2.24, 2.45) is 4.99 Å². The summed E-state index contributed by atoms with van der Waals surface area (Å²) in [5.41, 5.74) is 8.52. The van der Waals surface area contributed by atoms with Gasteiger partial charge in [0.15, 0.2) is 11.5 Å². The number of pyridine rings is 1. The largest absolute Gasteiger partial charge is 0.398 e.